The van der Waals surface area contributed by atoms with Gasteiger partial charge in [0.15, 0.2) is 0 Å². The predicted octanol–water partition coefficient (Wildman–Crippen LogP) is 1.92. The summed E-state index contributed by atoms with van der Waals surface area (Å²) in [4.78, 5) is 2.52. The maximum absolute atomic E-state index is 2.52. The first-order valence-corrected chi connectivity index (χ1v) is 5.39. The average Bonchev–Trinajstić information content (AvgIpc) is 2.10. The molecule has 2 heteroatoms. The Hall–Kier alpha value is 0.492. The Bertz CT molecular complexity index is 68.1. The van der Waals surface area contributed by atoms with E-state index >= 15 is 0 Å². The molecule has 0 aromatic carbocycles. The summed E-state index contributed by atoms with van der Waals surface area (Å²) < 4.78 is 0. The van der Waals surface area contributed by atoms with Crippen LogP contribution in [0, 0.1) is 0 Å². The van der Waals surface area contributed by atoms with Gasteiger partial charge in [-0.15, -0.1) is 0 Å². The molecule has 1 aliphatic rings. The van der Waals surface area contributed by atoms with Crippen molar-refractivity contribution in [1.82, 2.24) is 4.90 Å². The Labute approximate surface area is 76.2 Å². The molecule has 1 fully saturated rings. The SMILES string of the molecule is CCN1CCCCC1.[CH3][Al+2].[H-].[H-]. The molecule has 0 atom stereocenters. The Morgan fingerprint density at radius 1 is 1.20 bits per heavy atom. The van der Waals surface area contributed by atoms with Crippen molar-refractivity contribution in [2.24, 2.45) is 0 Å². The number of hydrogen-bond donors (Lipinski definition) is 0. The molecule has 1 nitrogen and oxygen atoms in total. The van der Waals surface area contributed by atoms with Gasteiger partial charge >= 0.3 is 22.1 Å². The van der Waals surface area contributed by atoms with Crippen molar-refractivity contribution in [2.45, 2.75) is 32.0 Å². The van der Waals surface area contributed by atoms with E-state index in [0.29, 0.717) is 0 Å². The van der Waals surface area contributed by atoms with Crippen LogP contribution in [0.2, 0.25) is 5.79 Å². The van der Waals surface area contributed by atoms with E-state index in [1.54, 1.807) is 0 Å². The van der Waals surface area contributed by atoms with Gasteiger partial charge in [-0.05, 0) is 32.5 Å². The van der Waals surface area contributed by atoms with E-state index in [-0.39, 0.29) is 2.85 Å². The Balaban J connectivity index is -0.000000189. The second kappa shape index (κ2) is 7.60. The second-order valence-electron chi connectivity index (χ2n) is 2.49. The first-order valence-electron chi connectivity index (χ1n) is 4.23. The molecule has 1 heterocycles. The summed E-state index contributed by atoms with van der Waals surface area (Å²) in [7, 11) is 0. The Morgan fingerprint density at radius 3 is 2.00 bits per heavy atom. The van der Waals surface area contributed by atoms with Crippen LogP contribution in [0.15, 0.2) is 0 Å². The molecule has 1 rings (SSSR count). The third-order valence-electron chi connectivity index (χ3n) is 1.90. The van der Waals surface area contributed by atoms with E-state index in [1.807, 2.05) is 5.79 Å². The predicted molar refractivity (Wildman–Crippen MR) is 49.8 cm³/mol. The molecule has 0 N–H and O–H groups in total. The van der Waals surface area contributed by atoms with Crippen molar-refractivity contribution < 1.29 is 2.85 Å². The van der Waals surface area contributed by atoms with Crippen LogP contribution in [0.1, 0.15) is 29.0 Å². The molecule has 1 saturated heterocycles. The van der Waals surface area contributed by atoms with Gasteiger partial charge in [-0.25, -0.2) is 0 Å². The molecule has 0 spiro atoms. The number of likely N-dealkylation sites (tertiary alicyclic amines) is 1. The van der Waals surface area contributed by atoms with Crippen molar-refractivity contribution in [3.05, 3.63) is 0 Å². The molecule has 0 saturated carbocycles. The second-order valence-corrected chi connectivity index (χ2v) is 2.49. The molecule has 0 radical (unpaired) electrons. The maximum atomic E-state index is 2.52. The van der Waals surface area contributed by atoms with Crippen LogP contribution < -0.4 is 0 Å². The normalized spacial score (nSPS) is 19.6. The van der Waals surface area contributed by atoms with Crippen molar-refractivity contribution in [2.75, 3.05) is 19.6 Å². The summed E-state index contributed by atoms with van der Waals surface area (Å²) in [6.45, 7) is 6.18. The van der Waals surface area contributed by atoms with Crippen LogP contribution in [0.4, 0.5) is 0 Å². The van der Waals surface area contributed by atoms with E-state index in [0.717, 1.165) is 0 Å². The molecule has 0 aromatic heterocycles. The minimum Gasteiger partial charge on any atom is -1.00 e. The number of hydrogen-bond acceptors (Lipinski definition) is 1. The molecule has 0 bridgehead atoms. The molecular weight excluding hydrogens is 137 g/mol. The van der Waals surface area contributed by atoms with Crippen LogP contribution >= 0.6 is 0 Å². The molecule has 10 heavy (non-hydrogen) atoms. The van der Waals surface area contributed by atoms with E-state index in [9.17, 15) is 0 Å². The average molecular weight is 157 g/mol. The van der Waals surface area contributed by atoms with Gasteiger partial charge in [0.05, 0.1) is 0 Å². The topological polar surface area (TPSA) is 3.24 Å². The van der Waals surface area contributed by atoms with Crippen LogP contribution in [-0.2, 0) is 0 Å². The first-order chi connectivity index (χ1) is 4.93. The van der Waals surface area contributed by atoms with Crippen LogP contribution in [-0.4, -0.2) is 40.8 Å². The van der Waals surface area contributed by atoms with Crippen molar-refractivity contribution in [3.63, 3.8) is 0 Å². The summed E-state index contributed by atoms with van der Waals surface area (Å²) in [5, 5.41) is 0. The molecule has 0 amide bonds. The minimum absolute atomic E-state index is 0. The van der Waals surface area contributed by atoms with Gasteiger partial charge in [-0.2, -0.15) is 0 Å². The number of piperidine rings is 1. The summed E-state index contributed by atoms with van der Waals surface area (Å²) in [6.07, 6.45) is 4.30. The molecular formula is C8H20AlN. The van der Waals surface area contributed by atoms with Crippen LogP contribution in [0.3, 0.4) is 0 Å². The van der Waals surface area contributed by atoms with Gasteiger partial charge in [0.25, 0.3) is 0 Å². The molecule has 0 unspecified atom stereocenters. The molecule has 0 aromatic rings. The van der Waals surface area contributed by atoms with Gasteiger partial charge < -0.3 is 7.75 Å². The third-order valence-corrected chi connectivity index (χ3v) is 1.90. The van der Waals surface area contributed by atoms with E-state index in [1.165, 1.54) is 38.9 Å². The summed E-state index contributed by atoms with van der Waals surface area (Å²) >= 11 is 2.42. The van der Waals surface area contributed by atoms with Crippen molar-refractivity contribution in [1.29, 1.82) is 0 Å². The van der Waals surface area contributed by atoms with Crippen LogP contribution in [0.25, 0.3) is 0 Å². The van der Waals surface area contributed by atoms with E-state index < -0.39 is 0 Å². The molecule has 0 aliphatic carbocycles. The zero-order valence-corrected chi connectivity index (χ0v) is 8.42. The largest absolute Gasteiger partial charge is 1.00 e. The first kappa shape index (κ1) is 10.5. The van der Waals surface area contributed by atoms with Crippen LogP contribution in [0.5, 0.6) is 0 Å². The monoisotopic (exact) mass is 157 g/mol. The number of rotatable bonds is 1. The number of nitrogens with zero attached hydrogens (tertiary/aromatic N) is 1. The fraction of sp³-hybridized carbons (Fsp3) is 1.00. The Morgan fingerprint density at radius 2 is 1.70 bits per heavy atom. The minimum atomic E-state index is 0. The maximum Gasteiger partial charge on any atom is -1.00 e. The van der Waals surface area contributed by atoms with E-state index in [4.69, 9.17) is 0 Å². The Kier molecular flexibility index (Phi) is 7.97. The summed E-state index contributed by atoms with van der Waals surface area (Å²) in [5.74, 6) is 1.92. The zero-order chi connectivity index (χ0) is 7.82. The van der Waals surface area contributed by atoms with Gasteiger partial charge in [0.2, 0.25) is 0 Å². The van der Waals surface area contributed by atoms with Crippen molar-refractivity contribution in [3.8, 4) is 0 Å². The molecule has 1 aliphatic heterocycles. The quantitative estimate of drug-likeness (QED) is 0.526. The third kappa shape index (κ3) is 4.33. The molecule has 60 valence electrons. The summed E-state index contributed by atoms with van der Waals surface area (Å²) in [6, 6.07) is 0. The smallest absolute Gasteiger partial charge is 1.00 e. The van der Waals surface area contributed by atoms with Gasteiger partial charge in [-0.3, -0.25) is 0 Å². The fourth-order valence-corrected chi connectivity index (χ4v) is 1.28. The summed E-state index contributed by atoms with van der Waals surface area (Å²) in [5.41, 5.74) is 0. The standard InChI is InChI=1S/C7H15N.CH3.Al.2H/c1-2-8-6-4-3-5-7-8;;;;/h2-7H2,1H3;1H3;;;/q;;+2;2*-1. The van der Waals surface area contributed by atoms with Gasteiger partial charge in [0, 0.05) is 0 Å². The zero-order valence-electron chi connectivity index (χ0n) is 9.27. The fourth-order valence-electron chi connectivity index (χ4n) is 1.28. The van der Waals surface area contributed by atoms with Gasteiger partial charge in [-0.1, -0.05) is 13.3 Å². The van der Waals surface area contributed by atoms with Gasteiger partial charge in [0.1, 0.15) is 0 Å². The van der Waals surface area contributed by atoms with E-state index in [2.05, 4.69) is 28.1 Å². The van der Waals surface area contributed by atoms with Crippen molar-refractivity contribution >= 4 is 16.3 Å².